The summed E-state index contributed by atoms with van der Waals surface area (Å²) in [6.45, 7) is 0. The van der Waals surface area contributed by atoms with Crippen LogP contribution in [-0.2, 0) is 0 Å². The van der Waals surface area contributed by atoms with Crippen LogP contribution >= 0.6 is 0 Å². The lowest BCUT2D eigenvalue weighted by Crippen LogP contribution is -2.53. The number of hydrogen-bond acceptors (Lipinski definition) is 3. The van der Waals surface area contributed by atoms with Gasteiger partial charge in [-0.25, -0.2) is 0 Å². The van der Waals surface area contributed by atoms with Crippen LogP contribution in [0.5, 0.6) is 0 Å². The Morgan fingerprint density at radius 1 is 0.722 bits per heavy atom. The maximum atomic E-state index is 10.3. The van der Waals surface area contributed by atoms with Crippen LogP contribution in [0.2, 0.25) is 0 Å². The highest BCUT2D eigenvalue weighted by molar-refractivity contribution is 4.88. The molecular weight excluding hydrogens is 224 g/mol. The van der Waals surface area contributed by atoms with Gasteiger partial charge in [0.25, 0.3) is 0 Å². The van der Waals surface area contributed by atoms with Gasteiger partial charge in [0.1, 0.15) is 0 Å². The zero-order chi connectivity index (χ0) is 12.8. The van der Waals surface area contributed by atoms with Crippen molar-refractivity contribution < 1.29 is 5.11 Å². The Balaban J connectivity index is 1.86. The zero-order valence-corrected chi connectivity index (χ0v) is 11.6. The van der Waals surface area contributed by atoms with E-state index in [1.54, 1.807) is 0 Å². The standard InChI is InChI=1S/C15H30N2O/c16-12-8-6-7-9-13(12)17-14-10-4-2-1-3-5-11-15(14)18/h12-15,17-18H,1-11,16H2/t12-,13-,14?,15?/m0/s1. The first-order chi connectivity index (χ1) is 8.77. The Labute approximate surface area is 112 Å². The van der Waals surface area contributed by atoms with Gasteiger partial charge in [-0.1, -0.05) is 44.9 Å². The van der Waals surface area contributed by atoms with Crippen molar-refractivity contribution in [2.45, 2.75) is 94.9 Å². The van der Waals surface area contributed by atoms with Crippen molar-refractivity contribution in [1.82, 2.24) is 5.32 Å². The summed E-state index contributed by atoms with van der Waals surface area (Å²) in [6, 6.07) is 0.995. The van der Waals surface area contributed by atoms with E-state index < -0.39 is 0 Å². The molecule has 3 heteroatoms. The predicted molar refractivity (Wildman–Crippen MR) is 75.5 cm³/mol. The number of rotatable bonds is 2. The highest BCUT2D eigenvalue weighted by atomic mass is 16.3. The highest BCUT2D eigenvalue weighted by Crippen LogP contribution is 2.22. The van der Waals surface area contributed by atoms with Gasteiger partial charge in [0, 0.05) is 18.1 Å². The number of aliphatic hydroxyl groups excluding tert-OH is 1. The van der Waals surface area contributed by atoms with E-state index in [4.69, 9.17) is 5.73 Å². The van der Waals surface area contributed by atoms with Gasteiger partial charge in [-0.15, -0.1) is 0 Å². The van der Waals surface area contributed by atoms with Crippen LogP contribution in [-0.4, -0.2) is 29.3 Å². The van der Waals surface area contributed by atoms with Gasteiger partial charge in [-0.05, 0) is 25.7 Å². The molecule has 3 nitrogen and oxygen atoms in total. The second-order valence-corrected chi connectivity index (χ2v) is 6.24. The fraction of sp³-hybridized carbons (Fsp3) is 1.00. The molecule has 0 aromatic heterocycles. The smallest absolute Gasteiger partial charge is 0.0693 e. The Bertz CT molecular complexity index is 235. The lowest BCUT2D eigenvalue weighted by molar-refractivity contribution is 0.0995. The number of nitrogens with one attached hydrogen (secondary N) is 1. The molecule has 2 unspecified atom stereocenters. The maximum absolute atomic E-state index is 10.3. The fourth-order valence-electron chi connectivity index (χ4n) is 3.48. The van der Waals surface area contributed by atoms with E-state index in [1.165, 1.54) is 51.4 Å². The molecule has 0 heterocycles. The topological polar surface area (TPSA) is 58.3 Å². The summed E-state index contributed by atoms with van der Waals surface area (Å²) in [5, 5.41) is 14.0. The minimum absolute atomic E-state index is 0.169. The van der Waals surface area contributed by atoms with Gasteiger partial charge in [0.15, 0.2) is 0 Å². The van der Waals surface area contributed by atoms with Gasteiger partial charge < -0.3 is 16.2 Å². The van der Waals surface area contributed by atoms with E-state index in [-0.39, 0.29) is 12.1 Å². The fourth-order valence-corrected chi connectivity index (χ4v) is 3.48. The molecule has 0 radical (unpaired) electrons. The quantitative estimate of drug-likeness (QED) is 0.709. The van der Waals surface area contributed by atoms with Crippen LogP contribution in [0, 0.1) is 0 Å². The van der Waals surface area contributed by atoms with Crippen molar-refractivity contribution in [2.75, 3.05) is 0 Å². The third-order valence-corrected chi connectivity index (χ3v) is 4.73. The summed E-state index contributed by atoms with van der Waals surface area (Å²) >= 11 is 0. The van der Waals surface area contributed by atoms with Crippen LogP contribution < -0.4 is 11.1 Å². The average molecular weight is 254 g/mol. The molecule has 2 aliphatic carbocycles. The van der Waals surface area contributed by atoms with Crippen LogP contribution in [0.15, 0.2) is 0 Å². The van der Waals surface area contributed by atoms with Gasteiger partial charge in [0.2, 0.25) is 0 Å². The molecule has 2 saturated carbocycles. The largest absolute Gasteiger partial charge is 0.392 e. The summed E-state index contributed by atoms with van der Waals surface area (Å²) in [6.07, 6.45) is 13.1. The van der Waals surface area contributed by atoms with Crippen LogP contribution in [0.4, 0.5) is 0 Å². The minimum Gasteiger partial charge on any atom is -0.392 e. The first kappa shape index (κ1) is 14.3. The molecule has 0 amide bonds. The number of aliphatic hydroxyl groups is 1. The van der Waals surface area contributed by atoms with E-state index in [0.717, 1.165) is 19.3 Å². The minimum atomic E-state index is -0.169. The van der Waals surface area contributed by atoms with Crippen LogP contribution in [0.25, 0.3) is 0 Å². The molecule has 0 aromatic carbocycles. The Morgan fingerprint density at radius 2 is 1.28 bits per heavy atom. The first-order valence-corrected chi connectivity index (χ1v) is 7.97. The van der Waals surface area contributed by atoms with Gasteiger partial charge in [-0.2, -0.15) is 0 Å². The van der Waals surface area contributed by atoms with Gasteiger partial charge in [0.05, 0.1) is 6.10 Å². The molecule has 4 N–H and O–H groups in total. The monoisotopic (exact) mass is 254 g/mol. The molecule has 106 valence electrons. The molecule has 2 aliphatic rings. The van der Waals surface area contributed by atoms with E-state index in [0.29, 0.717) is 12.1 Å². The average Bonchev–Trinajstić information content (AvgIpc) is 2.46. The number of nitrogens with two attached hydrogens (primary N) is 1. The molecule has 2 rings (SSSR count). The molecule has 4 atom stereocenters. The molecule has 2 fully saturated rings. The molecule has 0 aromatic rings. The summed E-state index contributed by atoms with van der Waals surface area (Å²) < 4.78 is 0. The summed E-state index contributed by atoms with van der Waals surface area (Å²) in [7, 11) is 0. The van der Waals surface area contributed by atoms with Crippen LogP contribution in [0.3, 0.4) is 0 Å². The van der Waals surface area contributed by atoms with Crippen molar-refractivity contribution in [2.24, 2.45) is 5.73 Å². The second-order valence-electron chi connectivity index (χ2n) is 6.24. The Morgan fingerprint density at radius 3 is 2.06 bits per heavy atom. The van der Waals surface area contributed by atoms with E-state index in [9.17, 15) is 5.11 Å². The normalized spacial score (nSPS) is 39.7. The van der Waals surface area contributed by atoms with Crippen molar-refractivity contribution in [1.29, 1.82) is 0 Å². The Kier molecular flexibility index (Phi) is 5.93. The number of hydrogen-bond donors (Lipinski definition) is 3. The molecule has 0 aliphatic heterocycles. The van der Waals surface area contributed by atoms with Crippen LogP contribution in [0.1, 0.15) is 70.6 Å². The van der Waals surface area contributed by atoms with E-state index in [1.807, 2.05) is 0 Å². The van der Waals surface area contributed by atoms with E-state index in [2.05, 4.69) is 5.32 Å². The molecule has 0 spiro atoms. The van der Waals surface area contributed by atoms with Crippen molar-refractivity contribution in [3.05, 3.63) is 0 Å². The SMILES string of the molecule is N[C@H]1CCCC[C@@H]1NC1CCCCCCCC1O. The van der Waals surface area contributed by atoms with Gasteiger partial charge >= 0.3 is 0 Å². The zero-order valence-electron chi connectivity index (χ0n) is 11.6. The van der Waals surface area contributed by atoms with E-state index >= 15 is 0 Å². The molecule has 0 saturated heterocycles. The Hall–Kier alpha value is -0.120. The lowest BCUT2D eigenvalue weighted by Gasteiger charge is -2.35. The summed E-state index contributed by atoms with van der Waals surface area (Å²) in [4.78, 5) is 0. The first-order valence-electron chi connectivity index (χ1n) is 7.97. The van der Waals surface area contributed by atoms with Crippen molar-refractivity contribution in [3.8, 4) is 0 Å². The summed E-state index contributed by atoms with van der Waals surface area (Å²) in [5.41, 5.74) is 6.20. The lowest BCUT2D eigenvalue weighted by atomic mass is 9.89. The summed E-state index contributed by atoms with van der Waals surface area (Å²) in [5.74, 6) is 0. The predicted octanol–water partition coefficient (Wildman–Crippen LogP) is 2.32. The second kappa shape index (κ2) is 7.46. The van der Waals surface area contributed by atoms with Crippen molar-refractivity contribution >= 4 is 0 Å². The molecule has 18 heavy (non-hydrogen) atoms. The highest BCUT2D eigenvalue weighted by Gasteiger charge is 2.27. The third-order valence-electron chi connectivity index (χ3n) is 4.73. The van der Waals surface area contributed by atoms with Gasteiger partial charge in [-0.3, -0.25) is 0 Å². The third kappa shape index (κ3) is 4.22. The maximum Gasteiger partial charge on any atom is 0.0693 e. The molecular formula is C15H30N2O. The van der Waals surface area contributed by atoms with Crippen molar-refractivity contribution in [3.63, 3.8) is 0 Å². The molecule has 0 bridgehead atoms.